The van der Waals surface area contributed by atoms with Crippen LogP contribution in [0.1, 0.15) is 32.1 Å². The number of rotatable bonds is 8. The minimum Gasteiger partial charge on any atom is -0.459 e. The fourth-order valence-corrected chi connectivity index (χ4v) is 2.80. The van der Waals surface area contributed by atoms with Crippen LogP contribution in [0, 0.1) is 5.92 Å². The summed E-state index contributed by atoms with van der Waals surface area (Å²) in [7, 11) is 1.67. The summed E-state index contributed by atoms with van der Waals surface area (Å²) in [6, 6.07) is 0. The maximum absolute atomic E-state index is 11.9. The molecule has 5 nitrogen and oxygen atoms in total. The van der Waals surface area contributed by atoms with Gasteiger partial charge in [-0.05, 0) is 24.8 Å². The zero-order valence-corrected chi connectivity index (χ0v) is 13.0. The molecule has 0 aromatic rings. The minimum absolute atomic E-state index is 0.0252. The number of carbonyl (C=O) groups is 1. The van der Waals surface area contributed by atoms with Crippen LogP contribution in [0.3, 0.4) is 0 Å². The van der Waals surface area contributed by atoms with Gasteiger partial charge in [-0.3, -0.25) is 4.79 Å². The quantitative estimate of drug-likeness (QED) is 0.391. The van der Waals surface area contributed by atoms with E-state index in [1.807, 2.05) is 6.08 Å². The topological polar surface area (TPSA) is 57.3 Å². The van der Waals surface area contributed by atoms with Crippen LogP contribution < -0.4 is 0 Å². The summed E-state index contributed by atoms with van der Waals surface area (Å²) in [6.45, 7) is 4.46. The lowest BCUT2D eigenvalue weighted by atomic mass is 9.89. The lowest BCUT2D eigenvalue weighted by molar-refractivity contribution is -0.158. The molecule has 0 amide bonds. The van der Waals surface area contributed by atoms with E-state index in [9.17, 15) is 4.79 Å². The van der Waals surface area contributed by atoms with Crippen molar-refractivity contribution in [3.63, 3.8) is 0 Å². The average molecular weight is 308 g/mol. The molecule has 3 aliphatic rings. The van der Waals surface area contributed by atoms with Gasteiger partial charge in [-0.1, -0.05) is 12.2 Å². The van der Waals surface area contributed by atoms with Crippen molar-refractivity contribution in [3.05, 3.63) is 24.3 Å². The first-order chi connectivity index (χ1) is 10.7. The predicted octanol–water partition coefficient (Wildman–Crippen LogP) is 2.36. The highest BCUT2D eigenvalue weighted by Crippen LogP contribution is 2.34. The molecule has 2 fully saturated rings. The van der Waals surface area contributed by atoms with Crippen LogP contribution in [0.4, 0.5) is 0 Å². The number of carbonyl (C=O) groups excluding carboxylic acids is 1. The molecule has 122 valence electrons. The van der Waals surface area contributed by atoms with Gasteiger partial charge >= 0.3 is 5.97 Å². The molecule has 0 spiro atoms. The van der Waals surface area contributed by atoms with E-state index in [-0.39, 0.29) is 36.5 Å². The summed E-state index contributed by atoms with van der Waals surface area (Å²) >= 11 is 0. The molecule has 1 saturated carbocycles. The van der Waals surface area contributed by atoms with Gasteiger partial charge in [0.1, 0.15) is 12.7 Å². The van der Waals surface area contributed by atoms with Gasteiger partial charge in [0, 0.05) is 20.0 Å². The number of methoxy groups -OCH3 is 1. The Bertz CT molecular complexity index is 450. The molecule has 1 saturated heterocycles. The summed E-state index contributed by atoms with van der Waals surface area (Å²) in [5.74, 6) is 0.0425. The molecule has 5 heteroatoms. The van der Waals surface area contributed by atoms with Crippen LogP contribution >= 0.6 is 0 Å². The van der Waals surface area contributed by atoms with Crippen LogP contribution in [-0.2, 0) is 23.7 Å². The van der Waals surface area contributed by atoms with Gasteiger partial charge in [0.05, 0.1) is 18.1 Å². The standard InChI is InChI=1S/C17H24O5/c1-3-4-13(21-16-10-20-16)12-7-8-14(15(9-12)19-2)22-17(18)11-5-6-11/h3,7,11,13-16H,1,4-6,8-10H2,2H3. The third-order valence-electron chi connectivity index (χ3n) is 4.36. The number of esters is 1. The Morgan fingerprint density at radius 2 is 2.27 bits per heavy atom. The highest BCUT2D eigenvalue weighted by atomic mass is 16.8. The molecule has 1 heterocycles. The molecular weight excluding hydrogens is 284 g/mol. The maximum atomic E-state index is 11.9. The second-order valence-electron chi connectivity index (χ2n) is 6.15. The largest absolute Gasteiger partial charge is 0.459 e. The summed E-state index contributed by atoms with van der Waals surface area (Å²) in [5, 5.41) is 0. The van der Waals surface area contributed by atoms with Crippen molar-refractivity contribution in [3.8, 4) is 0 Å². The Labute approximate surface area is 131 Å². The van der Waals surface area contributed by atoms with Crippen LogP contribution in [0.25, 0.3) is 0 Å². The van der Waals surface area contributed by atoms with E-state index in [0.29, 0.717) is 19.4 Å². The Hall–Kier alpha value is -1.17. The number of ether oxygens (including phenoxy) is 4. The zero-order valence-electron chi connectivity index (χ0n) is 13.0. The Morgan fingerprint density at radius 1 is 1.50 bits per heavy atom. The van der Waals surface area contributed by atoms with Crippen LogP contribution in [0.5, 0.6) is 0 Å². The molecule has 4 atom stereocenters. The van der Waals surface area contributed by atoms with Crippen molar-refractivity contribution in [2.24, 2.45) is 5.92 Å². The van der Waals surface area contributed by atoms with E-state index in [4.69, 9.17) is 18.9 Å². The third-order valence-corrected chi connectivity index (χ3v) is 4.36. The van der Waals surface area contributed by atoms with Crippen LogP contribution in [0.2, 0.25) is 0 Å². The minimum atomic E-state index is -0.191. The first kappa shape index (κ1) is 15.7. The maximum Gasteiger partial charge on any atom is 0.309 e. The van der Waals surface area contributed by atoms with E-state index in [1.165, 1.54) is 5.57 Å². The number of hydrogen-bond acceptors (Lipinski definition) is 5. The van der Waals surface area contributed by atoms with Crippen molar-refractivity contribution in [1.29, 1.82) is 0 Å². The molecule has 4 unspecified atom stereocenters. The fourth-order valence-electron chi connectivity index (χ4n) is 2.80. The van der Waals surface area contributed by atoms with E-state index >= 15 is 0 Å². The summed E-state index contributed by atoms with van der Waals surface area (Å²) in [6.07, 6.45) is 7.61. The average Bonchev–Trinajstić information content (AvgIpc) is 3.39. The monoisotopic (exact) mass is 308 g/mol. The number of epoxide rings is 1. The van der Waals surface area contributed by atoms with Gasteiger partial charge in [-0.25, -0.2) is 0 Å². The van der Waals surface area contributed by atoms with E-state index < -0.39 is 0 Å². The van der Waals surface area contributed by atoms with Crippen molar-refractivity contribution >= 4 is 5.97 Å². The Kier molecular flexibility index (Phi) is 4.96. The molecule has 0 radical (unpaired) electrons. The molecule has 0 N–H and O–H groups in total. The van der Waals surface area contributed by atoms with Crippen LogP contribution in [0.15, 0.2) is 24.3 Å². The first-order valence-corrected chi connectivity index (χ1v) is 8.01. The number of hydrogen-bond donors (Lipinski definition) is 0. The highest BCUT2D eigenvalue weighted by Gasteiger charge is 2.37. The van der Waals surface area contributed by atoms with Crippen molar-refractivity contribution in [1.82, 2.24) is 0 Å². The second-order valence-corrected chi connectivity index (χ2v) is 6.15. The second kappa shape index (κ2) is 6.94. The SMILES string of the molecule is C=CCC(OC1CO1)C1=CCC(OC(=O)C2CC2)C(OC)C1. The van der Waals surface area contributed by atoms with Gasteiger partial charge in [0.2, 0.25) is 0 Å². The summed E-state index contributed by atoms with van der Waals surface area (Å²) in [5.41, 5.74) is 1.18. The van der Waals surface area contributed by atoms with Crippen molar-refractivity contribution in [2.45, 2.75) is 56.7 Å². The molecule has 0 aromatic carbocycles. The molecular formula is C17H24O5. The summed E-state index contributed by atoms with van der Waals surface area (Å²) < 4.78 is 22.2. The van der Waals surface area contributed by atoms with Gasteiger partial charge in [0.15, 0.2) is 6.29 Å². The highest BCUT2D eigenvalue weighted by molar-refractivity contribution is 5.75. The molecule has 2 aliphatic carbocycles. The molecule has 0 aromatic heterocycles. The Morgan fingerprint density at radius 3 is 2.86 bits per heavy atom. The summed E-state index contributed by atoms with van der Waals surface area (Å²) in [4.78, 5) is 11.9. The third kappa shape index (κ3) is 3.97. The normalized spacial score (nSPS) is 32.0. The van der Waals surface area contributed by atoms with Crippen molar-refractivity contribution in [2.75, 3.05) is 13.7 Å². The molecule has 0 bridgehead atoms. The van der Waals surface area contributed by atoms with Crippen molar-refractivity contribution < 1.29 is 23.7 Å². The predicted molar refractivity (Wildman–Crippen MR) is 80.1 cm³/mol. The van der Waals surface area contributed by atoms with Gasteiger partial charge in [-0.15, -0.1) is 6.58 Å². The lowest BCUT2D eigenvalue weighted by Crippen LogP contribution is -2.37. The molecule has 3 rings (SSSR count). The van der Waals surface area contributed by atoms with E-state index in [2.05, 4.69) is 12.7 Å². The fraction of sp³-hybridized carbons (Fsp3) is 0.706. The van der Waals surface area contributed by atoms with E-state index in [0.717, 1.165) is 19.3 Å². The van der Waals surface area contributed by atoms with Crippen LogP contribution in [-0.4, -0.2) is 44.3 Å². The van der Waals surface area contributed by atoms with Gasteiger partial charge < -0.3 is 18.9 Å². The molecule has 1 aliphatic heterocycles. The smallest absolute Gasteiger partial charge is 0.309 e. The van der Waals surface area contributed by atoms with E-state index in [1.54, 1.807) is 7.11 Å². The van der Waals surface area contributed by atoms with Gasteiger partial charge in [-0.2, -0.15) is 0 Å². The lowest BCUT2D eigenvalue weighted by Gasteiger charge is -2.32. The Balaban J connectivity index is 1.61. The first-order valence-electron chi connectivity index (χ1n) is 8.01. The van der Waals surface area contributed by atoms with Gasteiger partial charge in [0.25, 0.3) is 0 Å². The molecule has 22 heavy (non-hydrogen) atoms. The zero-order chi connectivity index (χ0) is 15.5.